The first-order chi connectivity index (χ1) is 5.38. The zero-order chi connectivity index (χ0) is 7.68. The largest absolute Gasteiger partial charge is 0.387 e. The van der Waals surface area contributed by atoms with Crippen molar-refractivity contribution in [3.8, 4) is 0 Å². The molecule has 0 aliphatic carbocycles. The summed E-state index contributed by atoms with van der Waals surface area (Å²) in [6.45, 7) is 0.941. The molecule has 1 aliphatic heterocycles. The monoisotopic (exact) mass is 149 g/mol. The molecule has 0 amide bonds. The smallest absolute Gasteiger partial charge is 0.0955 e. The van der Waals surface area contributed by atoms with Crippen molar-refractivity contribution in [1.82, 2.24) is 5.32 Å². The van der Waals surface area contributed by atoms with Crippen LogP contribution in [0.3, 0.4) is 0 Å². The predicted octanol–water partition coefficient (Wildman–Crippen LogP) is 0.692. The number of hydrogen-bond donors (Lipinski definition) is 2. The minimum atomic E-state index is -0.323. The van der Waals surface area contributed by atoms with Crippen LogP contribution in [0.25, 0.3) is 0 Å². The minimum Gasteiger partial charge on any atom is -0.387 e. The summed E-state index contributed by atoms with van der Waals surface area (Å²) in [5.74, 6) is 0. The average molecular weight is 149 g/mol. The van der Waals surface area contributed by atoms with Crippen molar-refractivity contribution < 1.29 is 5.11 Å². The van der Waals surface area contributed by atoms with Crippen LogP contribution in [0.1, 0.15) is 11.7 Å². The van der Waals surface area contributed by atoms with Crippen LogP contribution in [0.15, 0.2) is 30.3 Å². The Labute approximate surface area is 65.9 Å². The summed E-state index contributed by atoms with van der Waals surface area (Å²) in [5.41, 5.74) is 1.00. The van der Waals surface area contributed by atoms with E-state index in [2.05, 4.69) is 5.32 Å². The molecule has 58 valence electrons. The Morgan fingerprint density at radius 2 is 2.00 bits per heavy atom. The van der Waals surface area contributed by atoms with E-state index in [4.69, 9.17) is 0 Å². The minimum absolute atomic E-state index is 0.289. The second kappa shape index (κ2) is 2.64. The summed E-state index contributed by atoms with van der Waals surface area (Å²) in [6, 6.07) is 10.0. The highest BCUT2D eigenvalue weighted by atomic mass is 16.3. The van der Waals surface area contributed by atoms with E-state index in [0.29, 0.717) is 0 Å². The van der Waals surface area contributed by atoms with Gasteiger partial charge in [-0.3, -0.25) is 0 Å². The molecule has 1 aromatic carbocycles. The quantitative estimate of drug-likeness (QED) is 0.607. The fourth-order valence-corrected chi connectivity index (χ4v) is 1.17. The third-order valence-electron chi connectivity index (χ3n) is 1.96. The molecule has 1 aliphatic rings. The lowest BCUT2D eigenvalue weighted by Gasteiger charge is -2.06. The molecule has 0 radical (unpaired) electrons. The number of rotatable bonds is 2. The molecule has 0 unspecified atom stereocenters. The molecular formula is C9H11NO. The summed E-state index contributed by atoms with van der Waals surface area (Å²) in [6.07, 6.45) is -0.323. The van der Waals surface area contributed by atoms with Gasteiger partial charge in [-0.1, -0.05) is 30.3 Å². The van der Waals surface area contributed by atoms with E-state index in [1.807, 2.05) is 30.3 Å². The van der Waals surface area contributed by atoms with E-state index in [9.17, 15) is 5.11 Å². The van der Waals surface area contributed by atoms with Crippen LogP contribution in [-0.2, 0) is 0 Å². The molecule has 1 fully saturated rings. The summed E-state index contributed by atoms with van der Waals surface area (Å²) < 4.78 is 0. The van der Waals surface area contributed by atoms with E-state index in [0.717, 1.165) is 12.1 Å². The number of aliphatic hydroxyl groups is 1. The summed E-state index contributed by atoms with van der Waals surface area (Å²) >= 11 is 0. The second-order valence-electron chi connectivity index (χ2n) is 2.87. The Morgan fingerprint density at radius 3 is 2.55 bits per heavy atom. The van der Waals surface area contributed by atoms with Crippen LogP contribution < -0.4 is 5.32 Å². The van der Waals surface area contributed by atoms with Gasteiger partial charge in [-0.15, -0.1) is 0 Å². The van der Waals surface area contributed by atoms with Gasteiger partial charge in [0, 0.05) is 12.6 Å². The summed E-state index contributed by atoms with van der Waals surface area (Å²) in [5, 5.41) is 12.7. The average Bonchev–Trinajstić information content (AvgIpc) is 2.87. The fourth-order valence-electron chi connectivity index (χ4n) is 1.17. The van der Waals surface area contributed by atoms with Crippen LogP contribution in [-0.4, -0.2) is 17.7 Å². The fraction of sp³-hybridized carbons (Fsp3) is 0.333. The first kappa shape index (κ1) is 6.83. The van der Waals surface area contributed by atoms with Gasteiger partial charge in [0.1, 0.15) is 0 Å². The maximum Gasteiger partial charge on any atom is 0.0955 e. The molecule has 1 heterocycles. The molecule has 2 nitrogen and oxygen atoms in total. The second-order valence-corrected chi connectivity index (χ2v) is 2.87. The van der Waals surface area contributed by atoms with Gasteiger partial charge in [0.15, 0.2) is 0 Å². The Balaban J connectivity index is 2.15. The highest BCUT2D eigenvalue weighted by molar-refractivity contribution is 5.20. The molecule has 1 aromatic rings. The number of benzene rings is 1. The first-order valence-electron chi connectivity index (χ1n) is 3.84. The summed E-state index contributed by atoms with van der Waals surface area (Å²) in [7, 11) is 0. The van der Waals surface area contributed by atoms with Gasteiger partial charge in [-0.25, -0.2) is 0 Å². The van der Waals surface area contributed by atoms with E-state index in [1.54, 1.807) is 0 Å². The molecule has 1 saturated heterocycles. The lowest BCUT2D eigenvalue weighted by molar-refractivity contribution is 0.176. The molecule has 2 N–H and O–H groups in total. The highest BCUT2D eigenvalue weighted by Crippen LogP contribution is 2.20. The van der Waals surface area contributed by atoms with Gasteiger partial charge < -0.3 is 10.4 Å². The van der Waals surface area contributed by atoms with Gasteiger partial charge in [0.05, 0.1) is 6.10 Å². The third kappa shape index (κ3) is 1.42. The number of hydrogen-bond acceptors (Lipinski definition) is 2. The van der Waals surface area contributed by atoms with Crippen molar-refractivity contribution in [2.45, 2.75) is 12.1 Å². The SMILES string of the molecule is O[C@H](c1ccccc1)[C@@H]1CN1. The van der Waals surface area contributed by atoms with Gasteiger partial charge in [0.2, 0.25) is 0 Å². The number of aliphatic hydroxyl groups excluding tert-OH is 1. The Kier molecular flexibility index (Phi) is 1.64. The first-order valence-corrected chi connectivity index (χ1v) is 3.84. The van der Waals surface area contributed by atoms with Crippen molar-refractivity contribution in [1.29, 1.82) is 0 Å². The van der Waals surface area contributed by atoms with Crippen LogP contribution in [0.4, 0.5) is 0 Å². The van der Waals surface area contributed by atoms with Crippen LogP contribution in [0.5, 0.6) is 0 Å². The third-order valence-corrected chi connectivity index (χ3v) is 1.96. The molecular weight excluding hydrogens is 138 g/mol. The maximum absolute atomic E-state index is 9.60. The molecule has 11 heavy (non-hydrogen) atoms. The van der Waals surface area contributed by atoms with Crippen molar-refractivity contribution in [2.75, 3.05) is 6.54 Å². The van der Waals surface area contributed by atoms with E-state index in [-0.39, 0.29) is 12.1 Å². The normalized spacial score (nSPS) is 24.6. The molecule has 0 bridgehead atoms. The maximum atomic E-state index is 9.60. The lowest BCUT2D eigenvalue weighted by Crippen LogP contribution is -2.07. The van der Waals surface area contributed by atoms with Gasteiger partial charge in [0.25, 0.3) is 0 Å². The van der Waals surface area contributed by atoms with E-state index < -0.39 is 0 Å². The van der Waals surface area contributed by atoms with Crippen molar-refractivity contribution in [3.05, 3.63) is 35.9 Å². The molecule has 2 rings (SSSR count). The van der Waals surface area contributed by atoms with Gasteiger partial charge in [-0.2, -0.15) is 0 Å². The topological polar surface area (TPSA) is 42.2 Å². The van der Waals surface area contributed by atoms with Crippen molar-refractivity contribution >= 4 is 0 Å². The van der Waals surface area contributed by atoms with Crippen LogP contribution in [0, 0.1) is 0 Å². The van der Waals surface area contributed by atoms with Crippen LogP contribution in [0.2, 0.25) is 0 Å². The van der Waals surface area contributed by atoms with Gasteiger partial charge >= 0.3 is 0 Å². The molecule has 2 atom stereocenters. The summed E-state index contributed by atoms with van der Waals surface area (Å²) in [4.78, 5) is 0. The Bertz CT molecular complexity index is 231. The zero-order valence-corrected chi connectivity index (χ0v) is 6.20. The van der Waals surface area contributed by atoms with Crippen LogP contribution >= 0.6 is 0 Å². The molecule has 2 heteroatoms. The predicted molar refractivity (Wildman–Crippen MR) is 43.2 cm³/mol. The van der Waals surface area contributed by atoms with Gasteiger partial charge in [-0.05, 0) is 5.56 Å². The standard InChI is InChI=1S/C9H11NO/c11-9(8-6-10-8)7-4-2-1-3-5-7/h1-5,8-11H,6H2/t8-,9+/m0/s1. The molecule has 0 spiro atoms. The Hall–Kier alpha value is -0.860. The zero-order valence-electron chi connectivity index (χ0n) is 6.20. The Morgan fingerprint density at radius 1 is 1.36 bits per heavy atom. The molecule has 0 saturated carbocycles. The molecule has 0 aromatic heterocycles. The van der Waals surface area contributed by atoms with E-state index in [1.165, 1.54) is 0 Å². The number of nitrogens with one attached hydrogen (secondary N) is 1. The van der Waals surface area contributed by atoms with Crippen molar-refractivity contribution in [3.63, 3.8) is 0 Å². The lowest BCUT2D eigenvalue weighted by atomic mass is 10.1. The van der Waals surface area contributed by atoms with Crippen molar-refractivity contribution in [2.24, 2.45) is 0 Å². The highest BCUT2D eigenvalue weighted by Gasteiger charge is 2.29. The van der Waals surface area contributed by atoms with E-state index >= 15 is 0 Å².